The molecule has 3 rings (SSSR count). The van der Waals surface area contributed by atoms with Gasteiger partial charge in [-0.2, -0.15) is 17.5 Å². The van der Waals surface area contributed by atoms with Gasteiger partial charge in [-0.1, -0.05) is 0 Å². The Labute approximate surface area is 145 Å². The Morgan fingerprint density at radius 3 is 2.42 bits per heavy atom. The Balaban J connectivity index is 1.67. The molecule has 2 aromatic rings. The number of pyridine rings is 1. The third-order valence-corrected chi connectivity index (χ3v) is 5.54. The highest BCUT2D eigenvalue weighted by Gasteiger charge is 2.40. The molecule has 0 N–H and O–H groups in total. The molecule has 0 unspecified atom stereocenters. The second kappa shape index (κ2) is 6.47. The van der Waals surface area contributed by atoms with Gasteiger partial charge in [0.15, 0.2) is 0 Å². The van der Waals surface area contributed by atoms with Gasteiger partial charge in [-0.05, 0) is 18.2 Å². The Kier molecular flexibility index (Phi) is 4.61. The number of alkyl halides is 3. The summed E-state index contributed by atoms with van der Waals surface area (Å²) in [6.07, 6.45) is -4.36. The molecule has 0 bridgehead atoms. The third-order valence-electron chi connectivity index (χ3n) is 3.68. The highest BCUT2D eigenvalue weighted by Crippen LogP contribution is 2.31. The summed E-state index contributed by atoms with van der Waals surface area (Å²) in [5, 5.41) is 0. The number of rotatable bonds is 4. The Hall–Kier alpha value is -2.27. The minimum absolute atomic E-state index is 0.197. The number of sulfonamides is 1. The molecule has 0 aliphatic carbocycles. The molecule has 26 heavy (non-hydrogen) atoms. The predicted octanol–water partition coefficient (Wildman–Crippen LogP) is 2.83. The number of hydrogen-bond acceptors (Lipinski definition) is 4. The summed E-state index contributed by atoms with van der Waals surface area (Å²) in [6, 6.07) is 3.56. The first-order chi connectivity index (χ1) is 12.1. The number of aromatic nitrogens is 1. The standard InChI is InChI=1S/C15H11F5N2O3S/c16-10-1-2-13(12(17)6-10)26(23,24)22-7-11(8-22)25-14-5-9(3-4-21-14)15(18,19)20/h1-6,11H,7-8H2. The Morgan fingerprint density at radius 1 is 1.12 bits per heavy atom. The molecule has 0 atom stereocenters. The van der Waals surface area contributed by atoms with Crippen LogP contribution in [-0.4, -0.2) is 36.9 Å². The van der Waals surface area contributed by atoms with E-state index in [4.69, 9.17) is 4.74 Å². The zero-order chi connectivity index (χ0) is 19.1. The molecule has 0 radical (unpaired) electrons. The van der Waals surface area contributed by atoms with Crippen molar-refractivity contribution in [2.24, 2.45) is 0 Å². The number of halogens is 5. The molecule has 0 spiro atoms. The molecule has 1 aromatic heterocycles. The smallest absolute Gasteiger partial charge is 0.416 e. The molecule has 1 saturated heterocycles. The van der Waals surface area contributed by atoms with Crippen molar-refractivity contribution in [3.05, 3.63) is 53.7 Å². The van der Waals surface area contributed by atoms with Crippen molar-refractivity contribution in [3.63, 3.8) is 0 Å². The molecule has 0 saturated carbocycles. The lowest BCUT2D eigenvalue weighted by Gasteiger charge is -2.37. The van der Waals surface area contributed by atoms with Gasteiger partial charge in [0.25, 0.3) is 0 Å². The van der Waals surface area contributed by atoms with E-state index < -0.39 is 44.4 Å². The van der Waals surface area contributed by atoms with E-state index in [-0.39, 0.29) is 19.0 Å². The van der Waals surface area contributed by atoms with Gasteiger partial charge in [0, 0.05) is 18.3 Å². The summed E-state index contributed by atoms with van der Waals surface area (Å²) in [5.41, 5.74) is -0.945. The van der Waals surface area contributed by atoms with Crippen LogP contribution in [0.3, 0.4) is 0 Å². The van der Waals surface area contributed by atoms with Gasteiger partial charge < -0.3 is 4.74 Å². The molecule has 140 valence electrons. The summed E-state index contributed by atoms with van der Waals surface area (Å²) in [5.74, 6) is -2.44. The minimum atomic E-state index is -4.56. The molecular weight excluding hydrogens is 383 g/mol. The largest absolute Gasteiger partial charge is 0.472 e. The van der Waals surface area contributed by atoms with E-state index >= 15 is 0 Å². The molecule has 1 aromatic carbocycles. The lowest BCUT2D eigenvalue weighted by atomic mass is 10.2. The maximum Gasteiger partial charge on any atom is 0.416 e. The first kappa shape index (κ1) is 18.5. The SMILES string of the molecule is O=S(=O)(c1ccc(F)cc1F)N1CC(Oc2cc(C(F)(F)F)ccn2)C1. The summed E-state index contributed by atoms with van der Waals surface area (Å²) >= 11 is 0. The van der Waals surface area contributed by atoms with Crippen molar-refractivity contribution >= 4 is 10.0 Å². The second-order valence-corrected chi connectivity index (χ2v) is 7.42. The van der Waals surface area contributed by atoms with Crippen LogP contribution in [-0.2, 0) is 16.2 Å². The second-order valence-electron chi connectivity index (χ2n) is 5.52. The first-order valence-corrected chi connectivity index (χ1v) is 8.66. The van der Waals surface area contributed by atoms with Crippen molar-refractivity contribution in [2.75, 3.05) is 13.1 Å². The average Bonchev–Trinajstić information content (AvgIpc) is 2.49. The molecule has 1 aliphatic heterocycles. The lowest BCUT2D eigenvalue weighted by molar-refractivity contribution is -0.137. The number of benzene rings is 1. The van der Waals surface area contributed by atoms with E-state index in [9.17, 15) is 30.4 Å². The van der Waals surface area contributed by atoms with Crippen LogP contribution in [0, 0.1) is 11.6 Å². The van der Waals surface area contributed by atoms with E-state index in [0.717, 1.165) is 28.7 Å². The van der Waals surface area contributed by atoms with Gasteiger partial charge >= 0.3 is 6.18 Å². The molecule has 2 heterocycles. The predicted molar refractivity (Wildman–Crippen MR) is 78.8 cm³/mol. The normalized spacial score (nSPS) is 16.3. The van der Waals surface area contributed by atoms with Crippen LogP contribution < -0.4 is 4.74 Å². The van der Waals surface area contributed by atoms with Crippen LogP contribution in [0.5, 0.6) is 5.88 Å². The fourth-order valence-electron chi connectivity index (χ4n) is 2.32. The fraction of sp³-hybridized carbons (Fsp3) is 0.267. The van der Waals surface area contributed by atoms with Crippen molar-refractivity contribution in [2.45, 2.75) is 17.2 Å². The van der Waals surface area contributed by atoms with Crippen molar-refractivity contribution in [1.29, 1.82) is 0 Å². The number of ether oxygens (including phenoxy) is 1. The van der Waals surface area contributed by atoms with Gasteiger partial charge in [0.2, 0.25) is 15.9 Å². The van der Waals surface area contributed by atoms with Gasteiger partial charge in [0.05, 0.1) is 18.7 Å². The molecule has 0 amide bonds. The first-order valence-electron chi connectivity index (χ1n) is 7.22. The maximum atomic E-state index is 13.7. The van der Waals surface area contributed by atoms with Crippen molar-refractivity contribution in [3.8, 4) is 5.88 Å². The van der Waals surface area contributed by atoms with Crippen LogP contribution in [0.1, 0.15) is 5.56 Å². The molecule has 5 nitrogen and oxygen atoms in total. The van der Waals surface area contributed by atoms with E-state index in [1.54, 1.807) is 0 Å². The van der Waals surface area contributed by atoms with E-state index in [0.29, 0.717) is 12.1 Å². The topological polar surface area (TPSA) is 59.5 Å². The summed E-state index contributed by atoms with van der Waals surface area (Å²) in [4.78, 5) is 2.97. The number of hydrogen-bond donors (Lipinski definition) is 0. The summed E-state index contributed by atoms with van der Waals surface area (Å²) < 4.78 is 95.1. The van der Waals surface area contributed by atoms with E-state index in [2.05, 4.69) is 4.98 Å². The average molecular weight is 394 g/mol. The number of nitrogens with zero attached hydrogens (tertiary/aromatic N) is 2. The Bertz CT molecular complexity index is 927. The van der Waals surface area contributed by atoms with Crippen LogP contribution in [0.4, 0.5) is 22.0 Å². The zero-order valence-electron chi connectivity index (χ0n) is 12.9. The van der Waals surface area contributed by atoms with Crippen LogP contribution in [0.2, 0.25) is 0 Å². The molecule has 1 aliphatic rings. The molecular formula is C15H11F5N2O3S. The van der Waals surface area contributed by atoms with Gasteiger partial charge in [-0.15, -0.1) is 0 Å². The molecule has 11 heteroatoms. The van der Waals surface area contributed by atoms with E-state index in [1.807, 2.05) is 0 Å². The molecule has 1 fully saturated rings. The quantitative estimate of drug-likeness (QED) is 0.749. The maximum absolute atomic E-state index is 13.7. The van der Waals surface area contributed by atoms with Crippen molar-refractivity contribution < 1.29 is 35.1 Å². The third kappa shape index (κ3) is 3.63. The zero-order valence-corrected chi connectivity index (χ0v) is 13.7. The van der Waals surface area contributed by atoms with Crippen LogP contribution >= 0.6 is 0 Å². The summed E-state index contributed by atoms with van der Waals surface area (Å²) in [6.45, 7) is -0.395. The van der Waals surface area contributed by atoms with Crippen molar-refractivity contribution in [1.82, 2.24) is 9.29 Å². The Morgan fingerprint density at radius 2 is 1.81 bits per heavy atom. The van der Waals surface area contributed by atoms with Crippen LogP contribution in [0.25, 0.3) is 0 Å². The van der Waals surface area contributed by atoms with E-state index in [1.165, 1.54) is 0 Å². The fourth-order valence-corrected chi connectivity index (χ4v) is 3.86. The highest BCUT2D eigenvalue weighted by atomic mass is 32.2. The van der Waals surface area contributed by atoms with Gasteiger partial charge in [-0.3, -0.25) is 0 Å². The monoisotopic (exact) mass is 394 g/mol. The summed E-state index contributed by atoms with van der Waals surface area (Å²) in [7, 11) is -4.20. The lowest BCUT2D eigenvalue weighted by Crippen LogP contribution is -2.56. The van der Waals surface area contributed by atoms with Crippen LogP contribution in [0.15, 0.2) is 41.4 Å². The minimum Gasteiger partial charge on any atom is -0.472 e. The highest BCUT2D eigenvalue weighted by molar-refractivity contribution is 7.89. The van der Waals surface area contributed by atoms with Gasteiger partial charge in [0.1, 0.15) is 22.6 Å². The van der Waals surface area contributed by atoms with Gasteiger partial charge in [-0.25, -0.2) is 22.2 Å².